The van der Waals surface area contributed by atoms with Crippen molar-refractivity contribution in [2.75, 3.05) is 23.6 Å². The van der Waals surface area contributed by atoms with Gasteiger partial charge in [0.05, 0.1) is 0 Å². The zero-order valence-electron chi connectivity index (χ0n) is 20.3. The molecule has 0 aliphatic rings. The number of hydrogen-bond donors (Lipinski definition) is 1. The topological polar surface area (TPSA) is 12.0 Å². The molecule has 0 bridgehead atoms. The van der Waals surface area contributed by atoms with Crippen molar-refractivity contribution < 1.29 is 8.78 Å². The fraction of sp³-hybridized carbons (Fsp3) is 0.407. The summed E-state index contributed by atoms with van der Waals surface area (Å²) in [5.41, 5.74) is 4.40. The van der Waals surface area contributed by atoms with Crippen LogP contribution in [0.25, 0.3) is 0 Å². The molecule has 0 aromatic heterocycles. The van der Waals surface area contributed by atoms with Gasteiger partial charge in [-0.1, -0.05) is 58.2 Å². The first kappa shape index (κ1) is 27.0. The maximum atomic E-state index is 13.7. The molecule has 0 unspecified atom stereocenters. The van der Waals surface area contributed by atoms with Crippen molar-refractivity contribution in [3.05, 3.63) is 89.0 Å². The second kappa shape index (κ2) is 11.0. The van der Waals surface area contributed by atoms with E-state index in [0.29, 0.717) is 11.4 Å². The Morgan fingerprint density at radius 1 is 1.16 bits per heavy atom. The molecule has 0 saturated heterocycles. The second-order valence-electron chi connectivity index (χ2n) is 8.93. The molecule has 0 fully saturated rings. The van der Waals surface area contributed by atoms with Crippen LogP contribution in [0.1, 0.15) is 47.5 Å². The minimum absolute atomic E-state index is 0.0767. The average molecular weight is 448 g/mol. The van der Waals surface area contributed by atoms with Gasteiger partial charge in [-0.2, -0.15) is 0 Å². The van der Waals surface area contributed by atoms with Crippen LogP contribution in [0.5, 0.6) is 0 Å². The molecule has 1 aromatic carbocycles. The van der Waals surface area contributed by atoms with E-state index in [2.05, 4.69) is 78.3 Å². The summed E-state index contributed by atoms with van der Waals surface area (Å²) < 4.78 is 27.0. The molecule has 1 N–H and O–H groups in total. The molecule has 0 aliphatic carbocycles. The van der Waals surface area contributed by atoms with E-state index < -0.39 is 21.7 Å². The van der Waals surface area contributed by atoms with Crippen LogP contribution >= 0.6 is 10.0 Å². The van der Waals surface area contributed by atoms with Crippen molar-refractivity contribution in [2.45, 2.75) is 47.5 Å². The molecular formula is C27H39F2NS. The zero-order chi connectivity index (χ0) is 24.0. The Kier molecular flexibility index (Phi) is 9.56. The highest BCUT2D eigenvalue weighted by Crippen LogP contribution is 2.53. The van der Waals surface area contributed by atoms with Crippen molar-refractivity contribution in [1.29, 1.82) is 0 Å². The highest BCUT2D eigenvalue weighted by Gasteiger charge is 2.25. The van der Waals surface area contributed by atoms with Crippen LogP contribution in [0.4, 0.5) is 14.5 Å². The summed E-state index contributed by atoms with van der Waals surface area (Å²) >= 11 is 0. The molecule has 0 amide bonds. The van der Waals surface area contributed by atoms with Crippen LogP contribution < -0.4 is 5.32 Å². The van der Waals surface area contributed by atoms with Crippen LogP contribution in [0, 0.1) is 17.0 Å². The summed E-state index contributed by atoms with van der Waals surface area (Å²) in [4.78, 5) is 1.36. The fourth-order valence-corrected chi connectivity index (χ4v) is 5.25. The quantitative estimate of drug-likeness (QED) is 0.334. The number of benzene rings is 1. The van der Waals surface area contributed by atoms with Gasteiger partial charge in [-0.3, -0.25) is 0 Å². The molecule has 31 heavy (non-hydrogen) atoms. The average Bonchev–Trinajstić information content (AvgIpc) is 2.72. The Hall–Kier alpha value is -2.07. The van der Waals surface area contributed by atoms with Gasteiger partial charge >= 0.3 is 0 Å². The number of rotatable bonds is 11. The van der Waals surface area contributed by atoms with Crippen molar-refractivity contribution in [3.8, 4) is 0 Å². The van der Waals surface area contributed by atoms with Gasteiger partial charge in [0.2, 0.25) is 0 Å². The van der Waals surface area contributed by atoms with Gasteiger partial charge < -0.3 is 5.32 Å². The first-order valence-corrected chi connectivity index (χ1v) is 13.2. The molecule has 0 aliphatic heterocycles. The van der Waals surface area contributed by atoms with E-state index in [4.69, 9.17) is 0 Å². The lowest BCUT2D eigenvalue weighted by Gasteiger charge is -2.37. The molecular weight excluding hydrogens is 408 g/mol. The number of nitrogens with one attached hydrogen (secondary N) is 1. The van der Waals surface area contributed by atoms with Crippen molar-refractivity contribution in [2.24, 2.45) is 5.41 Å². The Morgan fingerprint density at radius 3 is 2.26 bits per heavy atom. The molecule has 0 heterocycles. The SMILES string of the molecule is C=CC(=C)C(C)(C)CCC(/C(=C\C)S(C)(C)CC)=C(/C)C(=C)Nc1ccc(F)c(F)c1. The summed E-state index contributed by atoms with van der Waals surface area (Å²) in [7, 11) is -0.985. The predicted molar refractivity (Wildman–Crippen MR) is 138 cm³/mol. The molecule has 0 atom stereocenters. The third kappa shape index (κ3) is 6.96. The lowest BCUT2D eigenvalue weighted by Crippen LogP contribution is -2.15. The van der Waals surface area contributed by atoms with Gasteiger partial charge in [0.25, 0.3) is 0 Å². The molecule has 1 nitrogen and oxygen atoms in total. The fourth-order valence-electron chi connectivity index (χ4n) is 3.38. The minimum Gasteiger partial charge on any atom is -0.356 e. The van der Waals surface area contributed by atoms with Crippen molar-refractivity contribution in [3.63, 3.8) is 0 Å². The largest absolute Gasteiger partial charge is 0.356 e. The Labute approximate surface area is 190 Å². The number of hydrogen-bond acceptors (Lipinski definition) is 1. The summed E-state index contributed by atoms with van der Waals surface area (Å²) in [6, 6.07) is 3.80. The van der Waals surface area contributed by atoms with E-state index in [1.165, 1.54) is 16.5 Å². The zero-order valence-corrected chi connectivity index (χ0v) is 21.1. The van der Waals surface area contributed by atoms with E-state index in [9.17, 15) is 8.78 Å². The Balaban J connectivity index is 3.39. The van der Waals surface area contributed by atoms with Crippen LogP contribution in [0.2, 0.25) is 0 Å². The van der Waals surface area contributed by atoms with Gasteiger partial charge in [-0.15, -0.1) is 0 Å². The molecule has 0 spiro atoms. The van der Waals surface area contributed by atoms with Crippen LogP contribution in [0.15, 0.2) is 77.4 Å². The van der Waals surface area contributed by atoms with Gasteiger partial charge in [-0.25, -0.2) is 18.8 Å². The Morgan fingerprint density at radius 2 is 1.77 bits per heavy atom. The standard InChI is InChI=1S/C27H39F2NS/c1-11-19(4)27(7,8)17-16-23(26(12-2)31(9,10)13-3)20(5)21(6)30-22-14-15-24(28)25(29)18-22/h11-12,14-15,18,30H,1,4,6,13,16-17H2,2-3,5,7-10H3/b23-20+,26-12+. The molecule has 0 radical (unpaired) electrons. The molecule has 0 saturated carbocycles. The summed E-state index contributed by atoms with van der Waals surface area (Å²) in [6.45, 7) is 23.0. The van der Waals surface area contributed by atoms with Crippen molar-refractivity contribution >= 4 is 15.7 Å². The second-order valence-corrected chi connectivity index (χ2v) is 13.0. The van der Waals surface area contributed by atoms with Gasteiger partial charge in [-0.05, 0) is 78.6 Å². The van der Waals surface area contributed by atoms with Crippen molar-refractivity contribution in [1.82, 2.24) is 0 Å². The Bertz CT molecular complexity index is 904. The first-order chi connectivity index (χ1) is 14.3. The first-order valence-electron chi connectivity index (χ1n) is 10.6. The maximum absolute atomic E-state index is 13.7. The van der Waals surface area contributed by atoms with E-state index in [1.54, 1.807) is 0 Å². The monoisotopic (exact) mass is 447 g/mol. The van der Waals surface area contributed by atoms with Gasteiger partial charge in [0.15, 0.2) is 11.6 Å². The molecule has 1 aromatic rings. The van der Waals surface area contributed by atoms with Crippen LogP contribution in [-0.2, 0) is 0 Å². The summed E-state index contributed by atoms with van der Waals surface area (Å²) in [5.74, 6) is -0.664. The molecule has 1 rings (SSSR count). The van der Waals surface area contributed by atoms with Gasteiger partial charge in [0, 0.05) is 17.5 Å². The number of halogens is 2. The third-order valence-corrected chi connectivity index (χ3v) is 9.23. The van der Waals surface area contributed by atoms with Crippen LogP contribution in [-0.4, -0.2) is 18.3 Å². The molecule has 172 valence electrons. The lowest BCUT2D eigenvalue weighted by molar-refractivity contribution is 0.419. The van der Waals surface area contributed by atoms with E-state index in [-0.39, 0.29) is 5.41 Å². The summed E-state index contributed by atoms with van der Waals surface area (Å²) in [5, 5.41) is 3.16. The van der Waals surface area contributed by atoms with E-state index >= 15 is 0 Å². The highest BCUT2D eigenvalue weighted by atomic mass is 32.3. The minimum atomic E-state index is -0.985. The van der Waals surface area contributed by atoms with Crippen LogP contribution in [0.3, 0.4) is 0 Å². The maximum Gasteiger partial charge on any atom is 0.160 e. The predicted octanol–water partition coefficient (Wildman–Crippen LogP) is 8.74. The normalized spacial score (nSPS) is 14.0. The van der Waals surface area contributed by atoms with Gasteiger partial charge in [0.1, 0.15) is 0 Å². The number of anilines is 1. The van der Waals surface area contributed by atoms with E-state index in [1.807, 2.05) is 6.08 Å². The smallest absolute Gasteiger partial charge is 0.160 e. The summed E-state index contributed by atoms with van der Waals surface area (Å²) in [6.07, 6.45) is 10.5. The molecule has 4 heteroatoms. The highest BCUT2D eigenvalue weighted by molar-refractivity contribution is 8.35. The lowest BCUT2D eigenvalue weighted by atomic mass is 9.79. The van der Waals surface area contributed by atoms with E-state index in [0.717, 1.165) is 41.9 Å². The number of allylic oxidation sites excluding steroid dienone is 5. The third-order valence-electron chi connectivity index (χ3n) is 6.11.